The summed E-state index contributed by atoms with van der Waals surface area (Å²) in [6, 6.07) is 8.45. The molecule has 5 heteroatoms. The molecule has 0 amide bonds. The van der Waals surface area contributed by atoms with E-state index >= 15 is 0 Å². The molecule has 0 spiro atoms. The standard InChI is InChI=1S/2C4H3S.Cu.2Li/c2*1-2-4-5-3-1;;;/h2*1-3H;;;/q;;-2;2*+1. The molecule has 0 aliphatic rings. The summed E-state index contributed by atoms with van der Waals surface area (Å²) in [5.41, 5.74) is 0. The van der Waals surface area contributed by atoms with Crippen molar-refractivity contribution >= 4 is 30.2 Å². The van der Waals surface area contributed by atoms with Crippen LogP contribution in [0.5, 0.6) is 0 Å². The number of thiophene rings is 2. The van der Waals surface area contributed by atoms with Crippen molar-refractivity contribution in [1.82, 2.24) is 0 Å². The van der Waals surface area contributed by atoms with Gasteiger partial charge in [0.1, 0.15) is 0 Å². The third-order valence-electron chi connectivity index (χ3n) is 1.08. The zero-order chi connectivity index (χ0) is 7.52. The molecule has 2 rings (SSSR count). The summed E-state index contributed by atoms with van der Waals surface area (Å²) in [5, 5.41) is 4.21. The first kappa shape index (κ1) is 14.1. The van der Waals surface area contributed by atoms with Crippen LogP contribution >= 0.6 is 22.7 Å². The molecule has 0 aliphatic heterocycles. The van der Waals surface area contributed by atoms with Gasteiger partial charge < -0.3 is 0 Å². The van der Waals surface area contributed by atoms with E-state index in [1.807, 2.05) is 15.0 Å². The van der Waals surface area contributed by atoms with Crippen LogP contribution in [0.25, 0.3) is 0 Å². The summed E-state index contributed by atoms with van der Waals surface area (Å²) in [6.07, 6.45) is 0. The fourth-order valence-electron chi connectivity index (χ4n) is 0.651. The average molecular weight is 244 g/mol. The number of hydrogen-bond acceptors (Lipinski definition) is 2. The monoisotopic (exact) mass is 243 g/mol. The maximum atomic E-state index is 2.14. The molecule has 0 aliphatic carbocycles. The van der Waals surface area contributed by atoms with E-state index in [2.05, 4.69) is 35.0 Å². The fraction of sp³-hybridized carbons (Fsp3) is 0. The molecule has 0 saturated carbocycles. The van der Waals surface area contributed by atoms with Crippen molar-refractivity contribution in [2.75, 3.05) is 0 Å². The molecule has 2 heterocycles. The van der Waals surface area contributed by atoms with Crippen molar-refractivity contribution in [2.45, 2.75) is 0 Å². The summed E-state index contributed by atoms with van der Waals surface area (Å²) >= 11 is 5.50. The van der Waals surface area contributed by atoms with E-state index in [1.165, 1.54) is 7.55 Å². The second kappa shape index (κ2) is 7.41. The van der Waals surface area contributed by atoms with E-state index in [0.717, 1.165) is 0 Å². The molecule has 0 saturated heterocycles. The van der Waals surface area contributed by atoms with Gasteiger partial charge in [-0.1, -0.05) is 0 Å². The molecule has 0 radical (unpaired) electrons. The van der Waals surface area contributed by atoms with Crippen LogP contribution in [-0.2, 0) is 15.0 Å². The van der Waals surface area contributed by atoms with Gasteiger partial charge in [0.2, 0.25) is 0 Å². The Morgan fingerprint density at radius 1 is 0.846 bits per heavy atom. The maximum absolute atomic E-state index is 2.14. The Hall–Kier alpha value is 1.11. The zero-order valence-corrected chi connectivity index (χ0v) is 10.2. The first-order valence-corrected chi connectivity index (χ1v) is 5.79. The second-order valence-corrected chi connectivity index (χ2v) is 5.50. The SMILES string of the molecule is [Li+].[Li+].c1cs[c]([Cu-2][c]2cccs2)c1. The van der Waals surface area contributed by atoms with Crippen LogP contribution in [-0.4, -0.2) is 0 Å². The van der Waals surface area contributed by atoms with Gasteiger partial charge in [-0.3, -0.25) is 0 Å². The molecule has 0 bridgehead atoms. The quantitative estimate of drug-likeness (QED) is 0.470. The molecule has 13 heavy (non-hydrogen) atoms. The zero-order valence-electron chi connectivity index (χ0n) is 7.58. The molecular weight excluding hydrogens is 238 g/mol. The van der Waals surface area contributed by atoms with Crippen molar-refractivity contribution in [3.05, 3.63) is 35.0 Å². The van der Waals surface area contributed by atoms with E-state index < -0.39 is 0 Å². The van der Waals surface area contributed by atoms with Crippen LogP contribution in [0.3, 0.4) is 0 Å². The van der Waals surface area contributed by atoms with Crippen LogP contribution in [0, 0.1) is 0 Å². The van der Waals surface area contributed by atoms with Crippen LogP contribution in [0.15, 0.2) is 35.0 Å². The molecule has 0 fully saturated rings. The number of rotatable bonds is 2. The Labute approximate surface area is 117 Å². The minimum atomic E-state index is 0. The van der Waals surface area contributed by atoms with Crippen molar-refractivity contribution in [1.29, 1.82) is 0 Å². The molecule has 0 N–H and O–H groups in total. The van der Waals surface area contributed by atoms with E-state index in [-0.39, 0.29) is 37.7 Å². The summed E-state index contributed by atoms with van der Waals surface area (Å²) in [4.78, 5) is 0. The third kappa shape index (κ3) is 4.43. The van der Waals surface area contributed by atoms with Gasteiger partial charge in [-0.2, -0.15) is 0 Å². The molecular formula is C8H6CuLi2S2. The Kier molecular flexibility index (Phi) is 8.05. The van der Waals surface area contributed by atoms with Crippen molar-refractivity contribution in [2.24, 2.45) is 0 Å². The Balaban J connectivity index is 0.000000720. The van der Waals surface area contributed by atoms with Gasteiger partial charge in [0.15, 0.2) is 0 Å². The molecule has 0 aromatic carbocycles. The first-order chi connectivity index (χ1) is 5.45. The fourth-order valence-corrected chi connectivity index (χ4v) is 3.58. The third-order valence-corrected chi connectivity index (χ3v) is 4.30. The van der Waals surface area contributed by atoms with Gasteiger partial charge in [-0.15, -0.1) is 0 Å². The van der Waals surface area contributed by atoms with E-state index in [1.54, 1.807) is 22.7 Å². The summed E-state index contributed by atoms with van der Waals surface area (Å²) < 4.78 is 2.72. The predicted molar refractivity (Wildman–Crippen MR) is 47.9 cm³/mol. The summed E-state index contributed by atoms with van der Waals surface area (Å²) in [7, 11) is 0. The summed E-state index contributed by atoms with van der Waals surface area (Å²) in [5.74, 6) is 0. The van der Waals surface area contributed by atoms with E-state index in [9.17, 15) is 0 Å². The van der Waals surface area contributed by atoms with E-state index in [4.69, 9.17) is 0 Å². The molecule has 2 aromatic rings. The van der Waals surface area contributed by atoms with Crippen molar-refractivity contribution < 1.29 is 52.7 Å². The van der Waals surface area contributed by atoms with E-state index in [0.29, 0.717) is 0 Å². The average Bonchev–Trinajstić information content (AvgIpc) is 2.60. The molecule has 0 atom stereocenters. The molecule has 0 nitrogen and oxygen atoms in total. The van der Waals surface area contributed by atoms with Gasteiger partial charge in [0.05, 0.1) is 0 Å². The van der Waals surface area contributed by atoms with Gasteiger partial charge in [0, 0.05) is 0 Å². The molecule has 2 aromatic heterocycles. The van der Waals surface area contributed by atoms with Crippen LogP contribution < -0.4 is 45.3 Å². The Morgan fingerprint density at radius 2 is 1.31 bits per heavy atom. The van der Waals surface area contributed by atoms with Gasteiger partial charge in [-0.05, 0) is 0 Å². The Bertz CT molecular complexity index is 273. The van der Waals surface area contributed by atoms with Gasteiger partial charge >= 0.3 is 118 Å². The molecule has 63 valence electrons. The Morgan fingerprint density at radius 3 is 1.62 bits per heavy atom. The predicted octanol–water partition coefficient (Wildman–Crippen LogP) is -4.15. The van der Waals surface area contributed by atoms with Crippen molar-refractivity contribution in [3.63, 3.8) is 0 Å². The minimum absolute atomic E-state index is 0. The van der Waals surface area contributed by atoms with Crippen LogP contribution in [0.1, 0.15) is 0 Å². The van der Waals surface area contributed by atoms with Crippen LogP contribution in [0.4, 0.5) is 0 Å². The number of hydrogen-bond donors (Lipinski definition) is 0. The first-order valence-electron chi connectivity index (χ1n) is 3.09. The molecule has 0 unspecified atom stereocenters. The van der Waals surface area contributed by atoms with Gasteiger partial charge in [0.25, 0.3) is 0 Å². The summed E-state index contributed by atoms with van der Waals surface area (Å²) in [6.45, 7) is 0. The normalized spacial score (nSPS) is 8.92. The topological polar surface area (TPSA) is 0 Å². The van der Waals surface area contributed by atoms with Crippen LogP contribution in [0.2, 0.25) is 0 Å². The second-order valence-electron chi connectivity index (χ2n) is 1.83. The van der Waals surface area contributed by atoms with Gasteiger partial charge in [-0.25, -0.2) is 0 Å². The van der Waals surface area contributed by atoms with Crippen molar-refractivity contribution in [3.8, 4) is 0 Å².